The van der Waals surface area contributed by atoms with Gasteiger partial charge in [0.25, 0.3) is 0 Å². The number of methoxy groups -OCH3 is 2. The van der Waals surface area contributed by atoms with Gasteiger partial charge in [-0.2, -0.15) is 0 Å². The highest BCUT2D eigenvalue weighted by atomic mass is 16.5. The molecule has 2 aliphatic carbocycles. The van der Waals surface area contributed by atoms with Gasteiger partial charge in [0.2, 0.25) is 0 Å². The van der Waals surface area contributed by atoms with E-state index in [2.05, 4.69) is 60.6 Å². The molecule has 0 aliphatic heterocycles. The number of rotatable bonds is 8. The molecule has 50 heavy (non-hydrogen) atoms. The maximum Gasteiger partial charge on any atom is 0.193 e. The lowest BCUT2D eigenvalue weighted by Gasteiger charge is -2.23. The number of allylic oxidation sites excluding steroid dienone is 8. The van der Waals surface area contributed by atoms with Crippen molar-refractivity contribution < 1.29 is 19.1 Å². The first-order valence-corrected chi connectivity index (χ1v) is 17.2. The smallest absolute Gasteiger partial charge is 0.193 e. The average Bonchev–Trinajstić information content (AvgIpc) is 3.71. The number of carbonyl (C=O) groups is 2. The third-order valence-electron chi connectivity index (χ3n) is 10.0. The first kappa shape index (κ1) is 36.1. The van der Waals surface area contributed by atoms with Crippen LogP contribution in [0, 0.1) is 11.3 Å². The third kappa shape index (κ3) is 7.35. The summed E-state index contributed by atoms with van der Waals surface area (Å²) in [6.45, 7) is 15.3. The van der Waals surface area contributed by atoms with Crippen LogP contribution in [0.4, 0.5) is 0 Å². The Morgan fingerprint density at radius 1 is 0.660 bits per heavy atom. The molecule has 0 spiro atoms. The number of hydrogen-bond acceptors (Lipinski definition) is 4. The van der Waals surface area contributed by atoms with E-state index < -0.39 is 0 Å². The molecule has 1 atom stereocenters. The summed E-state index contributed by atoms with van der Waals surface area (Å²) >= 11 is 0. The van der Waals surface area contributed by atoms with Crippen LogP contribution in [0.15, 0.2) is 132 Å². The normalized spacial score (nSPS) is 15.7. The molecule has 0 heterocycles. The fourth-order valence-electron chi connectivity index (χ4n) is 6.93. The molecule has 4 nitrogen and oxygen atoms in total. The second-order valence-electron chi connectivity index (χ2n) is 14.0. The van der Waals surface area contributed by atoms with Crippen molar-refractivity contribution >= 4 is 22.7 Å². The van der Waals surface area contributed by atoms with Crippen LogP contribution in [-0.4, -0.2) is 25.8 Å². The molecule has 0 saturated heterocycles. The van der Waals surface area contributed by atoms with Gasteiger partial charge < -0.3 is 9.47 Å². The Labute approximate surface area is 297 Å². The van der Waals surface area contributed by atoms with Gasteiger partial charge in [0, 0.05) is 28.2 Å². The molecule has 0 radical (unpaired) electrons. The molecular formula is C46H48O4. The monoisotopic (exact) mass is 664 g/mol. The highest BCUT2D eigenvalue weighted by molar-refractivity contribution is 6.13. The Morgan fingerprint density at radius 2 is 1.14 bits per heavy atom. The van der Waals surface area contributed by atoms with E-state index in [4.69, 9.17) is 9.47 Å². The molecule has 0 saturated carbocycles. The Balaban J connectivity index is 0.000000194. The number of carbonyl (C=O) groups excluding carboxylic acids is 2. The van der Waals surface area contributed by atoms with E-state index in [9.17, 15) is 9.59 Å². The fraction of sp³-hybridized carbons (Fsp3) is 0.261. The molecule has 0 aromatic heterocycles. The van der Waals surface area contributed by atoms with Crippen molar-refractivity contribution in [2.24, 2.45) is 11.3 Å². The lowest BCUT2D eigenvalue weighted by molar-refractivity contribution is 0.103. The van der Waals surface area contributed by atoms with Gasteiger partial charge in [0.15, 0.2) is 11.6 Å². The summed E-state index contributed by atoms with van der Waals surface area (Å²) in [6.07, 6.45) is 5.22. The summed E-state index contributed by atoms with van der Waals surface area (Å²) in [5, 5.41) is 0. The Bertz CT molecular complexity index is 2030. The molecule has 6 rings (SSSR count). The Morgan fingerprint density at radius 3 is 1.58 bits per heavy atom. The van der Waals surface area contributed by atoms with Crippen molar-refractivity contribution in [3.63, 3.8) is 0 Å². The number of ketones is 2. The Hall–Kier alpha value is -5.22. The lowest BCUT2D eigenvalue weighted by Crippen LogP contribution is -2.11. The minimum Gasteiger partial charge on any atom is -0.497 e. The van der Waals surface area contributed by atoms with Crippen LogP contribution < -0.4 is 9.47 Å². The summed E-state index contributed by atoms with van der Waals surface area (Å²) in [5.41, 5.74) is 12.6. The van der Waals surface area contributed by atoms with Gasteiger partial charge in [-0.05, 0) is 95.9 Å². The second-order valence-corrected chi connectivity index (χ2v) is 14.0. The molecule has 4 aromatic carbocycles. The summed E-state index contributed by atoms with van der Waals surface area (Å²) < 4.78 is 10.7. The van der Waals surface area contributed by atoms with E-state index >= 15 is 0 Å². The maximum atomic E-state index is 13.2. The van der Waals surface area contributed by atoms with Crippen LogP contribution in [0.5, 0.6) is 11.5 Å². The fourth-order valence-corrected chi connectivity index (χ4v) is 6.93. The standard InChI is InChI=1S/2C23H24O2/c1-14-15(2)17(4)22(16(14)3)20-12-11-19(25-5)13-21(20)23(24)18-9-7-6-8-10-18;1-23(2,3)21-12-8-11-19(21)18-14-13-17(25-4)15-20(18)22(24)16-9-6-5-7-10-16/h6-13,16H,1-5H3;5-10,12-15H,11H2,1-4H3. The van der Waals surface area contributed by atoms with Gasteiger partial charge in [-0.25, -0.2) is 0 Å². The van der Waals surface area contributed by atoms with Gasteiger partial charge in [0.1, 0.15) is 11.5 Å². The predicted molar refractivity (Wildman–Crippen MR) is 206 cm³/mol. The van der Waals surface area contributed by atoms with E-state index in [1.165, 1.54) is 33.4 Å². The summed E-state index contributed by atoms with van der Waals surface area (Å²) in [5.74, 6) is 1.78. The SMILES string of the molecule is COc1ccc(C2=C(C(C)(C)C)C=CC2)c(C(=O)c2ccccc2)c1.COc1ccc(C2=C(C)C(C)=C(C)C2C)c(C(=O)c2ccccc2)c1. The van der Waals surface area contributed by atoms with Crippen molar-refractivity contribution in [1.29, 1.82) is 0 Å². The van der Waals surface area contributed by atoms with E-state index in [1.54, 1.807) is 14.2 Å². The number of hydrogen-bond donors (Lipinski definition) is 0. The Kier molecular flexibility index (Phi) is 10.9. The van der Waals surface area contributed by atoms with Gasteiger partial charge >= 0.3 is 0 Å². The van der Waals surface area contributed by atoms with Crippen LogP contribution >= 0.6 is 0 Å². The maximum absolute atomic E-state index is 13.2. The lowest BCUT2D eigenvalue weighted by atomic mass is 9.81. The molecule has 4 aromatic rings. The minimum atomic E-state index is 0.0298. The average molecular weight is 665 g/mol. The zero-order valence-corrected chi connectivity index (χ0v) is 30.8. The summed E-state index contributed by atoms with van der Waals surface area (Å²) in [6, 6.07) is 30.5. The van der Waals surface area contributed by atoms with Crippen LogP contribution in [0.3, 0.4) is 0 Å². The van der Waals surface area contributed by atoms with E-state index in [0.29, 0.717) is 39.7 Å². The van der Waals surface area contributed by atoms with E-state index in [0.717, 1.165) is 17.5 Å². The van der Waals surface area contributed by atoms with Crippen LogP contribution in [0.1, 0.15) is 97.9 Å². The highest BCUT2D eigenvalue weighted by Crippen LogP contribution is 2.44. The molecule has 4 heteroatoms. The van der Waals surface area contributed by atoms with Crippen molar-refractivity contribution in [2.45, 2.75) is 54.9 Å². The van der Waals surface area contributed by atoms with Crippen molar-refractivity contribution in [1.82, 2.24) is 0 Å². The summed E-state index contributed by atoms with van der Waals surface area (Å²) in [7, 11) is 3.26. The van der Waals surface area contributed by atoms with Gasteiger partial charge in [-0.3, -0.25) is 9.59 Å². The van der Waals surface area contributed by atoms with Crippen LogP contribution in [0.2, 0.25) is 0 Å². The molecule has 0 fully saturated rings. The second kappa shape index (κ2) is 15.1. The van der Waals surface area contributed by atoms with Crippen molar-refractivity contribution in [2.75, 3.05) is 14.2 Å². The van der Waals surface area contributed by atoms with Gasteiger partial charge in [-0.15, -0.1) is 0 Å². The van der Waals surface area contributed by atoms with Gasteiger partial charge in [0.05, 0.1) is 14.2 Å². The largest absolute Gasteiger partial charge is 0.497 e. The zero-order chi connectivity index (χ0) is 36.2. The third-order valence-corrected chi connectivity index (χ3v) is 10.0. The molecule has 0 amide bonds. The number of benzene rings is 4. The topological polar surface area (TPSA) is 52.6 Å². The van der Waals surface area contributed by atoms with Crippen molar-refractivity contribution in [3.8, 4) is 11.5 Å². The molecule has 256 valence electrons. The van der Waals surface area contributed by atoms with Gasteiger partial charge in [-0.1, -0.05) is 118 Å². The quantitative estimate of drug-likeness (QED) is 0.176. The molecule has 0 bridgehead atoms. The number of ether oxygens (including phenoxy) is 2. The predicted octanol–water partition coefficient (Wildman–Crippen LogP) is 11.4. The van der Waals surface area contributed by atoms with Crippen LogP contribution in [-0.2, 0) is 0 Å². The zero-order valence-electron chi connectivity index (χ0n) is 30.8. The molecular weight excluding hydrogens is 617 g/mol. The first-order valence-electron chi connectivity index (χ1n) is 17.2. The molecule has 0 N–H and O–H groups in total. The summed E-state index contributed by atoms with van der Waals surface area (Å²) in [4.78, 5) is 26.3. The first-order chi connectivity index (χ1) is 23.9. The van der Waals surface area contributed by atoms with E-state index in [-0.39, 0.29) is 17.0 Å². The van der Waals surface area contributed by atoms with Crippen molar-refractivity contribution in [3.05, 3.63) is 165 Å². The highest BCUT2D eigenvalue weighted by Gasteiger charge is 2.29. The minimum absolute atomic E-state index is 0.0298. The van der Waals surface area contributed by atoms with Crippen LogP contribution in [0.25, 0.3) is 11.1 Å². The molecule has 2 aliphatic rings. The van der Waals surface area contributed by atoms with E-state index in [1.807, 2.05) is 97.1 Å². The molecule has 1 unspecified atom stereocenters.